The second-order valence-electron chi connectivity index (χ2n) is 4.68. The Morgan fingerprint density at radius 3 is 2.14 bits per heavy atom. The van der Waals surface area contributed by atoms with Crippen molar-refractivity contribution in [3.8, 4) is 0 Å². The van der Waals surface area contributed by atoms with E-state index in [9.17, 15) is 13.2 Å². The first-order valence-electron chi connectivity index (χ1n) is 6.31. The van der Waals surface area contributed by atoms with E-state index in [2.05, 4.69) is 0 Å². The van der Waals surface area contributed by atoms with Crippen molar-refractivity contribution in [2.75, 3.05) is 4.31 Å². The second kappa shape index (κ2) is 6.28. The van der Waals surface area contributed by atoms with Gasteiger partial charge in [0.2, 0.25) is 5.91 Å². The summed E-state index contributed by atoms with van der Waals surface area (Å²) in [5.41, 5.74) is 0.982. The van der Waals surface area contributed by atoms with Gasteiger partial charge in [-0.15, -0.1) is 0 Å². The highest BCUT2D eigenvalue weighted by Gasteiger charge is 2.28. The van der Waals surface area contributed by atoms with Crippen LogP contribution in [-0.4, -0.2) is 14.3 Å². The Balaban J connectivity index is 2.58. The van der Waals surface area contributed by atoms with Crippen LogP contribution in [0.15, 0.2) is 47.4 Å². The van der Waals surface area contributed by atoms with Crippen LogP contribution in [-0.2, 0) is 14.8 Å². The lowest BCUT2D eigenvalue weighted by Crippen LogP contribution is -2.35. The quantitative estimate of drug-likeness (QED) is 0.832. The van der Waals surface area contributed by atoms with Crippen molar-refractivity contribution in [3.63, 3.8) is 0 Å². The second-order valence-corrected chi connectivity index (χ2v) is 7.31. The lowest BCUT2D eigenvalue weighted by molar-refractivity contribution is -0.115. The smallest absolute Gasteiger partial charge is 0.270 e. The van der Waals surface area contributed by atoms with Gasteiger partial charge in [0.05, 0.1) is 10.6 Å². The Morgan fingerprint density at radius 2 is 1.64 bits per heavy atom. The Kier molecular flexibility index (Phi) is 4.80. The third-order valence-electron chi connectivity index (χ3n) is 3.03. The van der Waals surface area contributed by atoms with E-state index < -0.39 is 15.9 Å². The van der Waals surface area contributed by atoms with Crippen molar-refractivity contribution in [1.82, 2.24) is 0 Å². The monoisotopic (exact) mass is 357 g/mol. The van der Waals surface area contributed by atoms with Crippen molar-refractivity contribution in [1.29, 1.82) is 0 Å². The molecule has 0 spiro atoms. The number of hydrogen-bond donors (Lipinski definition) is 0. The molecule has 0 saturated carbocycles. The molecular formula is C15H13Cl2NO3S. The molecule has 0 bridgehead atoms. The zero-order chi connectivity index (χ0) is 16.5. The number of carbonyl (C=O) groups is 1. The summed E-state index contributed by atoms with van der Waals surface area (Å²) in [6.07, 6.45) is 0. The number of carbonyl (C=O) groups excluding carboxylic acids is 1. The van der Waals surface area contributed by atoms with Gasteiger partial charge in [0, 0.05) is 17.0 Å². The predicted octanol–water partition coefficient (Wildman–Crippen LogP) is 4.04. The Bertz CT molecular complexity index is 817. The molecule has 7 heteroatoms. The SMILES string of the molecule is CC(=O)N(c1ccc(C)c(Cl)c1)S(=O)(=O)c1ccc(Cl)cc1. The maximum Gasteiger partial charge on any atom is 0.270 e. The molecule has 0 unspecified atom stereocenters. The average molecular weight is 358 g/mol. The Labute approximate surface area is 139 Å². The van der Waals surface area contributed by atoms with Gasteiger partial charge >= 0.3 is 0 Å². The fraction of sp³-hybridized carbons (Fsp3) is 0.133. The molecule has 0 N–H and O–H groups in total. The maximum absolute atomic E-state index is 12.7. The van der Waals surface area contributed by atoms with E-state index in [4.69, 9.17) is 23.2 Å². The zero-order valence-corrected chi connectivity index (χ0v) is 14.2. The van der Waals surface area contributed by atoms with Crippen LogP contribution in [0.5, 0.6) is 0 Å². The number of anilines is 1. The van der Waals surface area contributed by atoms with Gasteiger partial charge in [-0.25, -0.2) is 12.7 Å². The van der Waals surface area contributed by atoms with E-state index in [-0.39, 0.29) is 10.6 Å². The topological polar surface area (TPSA) is 54.5 Å². The molecule has 0 aliphatic carbocycles. The van der Waals surface area contributed by atoms with Gasteiger partial charge < -0.3 is 0 Å². The summed E-state index contributed by atoms with van der Waals surface area (Å²) in [6.45, 7) is 2.97. The van der Waals surface area contributed by atoms with Crippen molar-refractivity contribution >= 4 is 44.8 Å². The molecule has 22 heavy (non-hydrogen) atoms. The molecule has 2 aromatic carbocycles. The molecule has 4 nitrogen and oxygen atoms in total. The van der Waals surface area contributed by atoms with E-state index >= 15 is 0 Å². The summed E-state index contributed by atoms with van der Waals surface area (Å²) in [5.74, 6) is -0.630. The summed E-state index contributed by atoms with van der Waals surface area (Å²) >= 11 is 11.8. The van der Waals surface area contributed by atoms with Crippen LogP contribution in [0.3, 0.4) is 0 Å². The summed E-state index contributed by atoms with van der Waals surface area (Å²) < 4.78 is 26.1. The minimum absolute atomic E-state index is 0.0243. The number of nitrogens with zero attached hydrogens (tertiary/aromatic N) is 1. The highest BCUT2D eigenvalue weighted by atomic mass is 35.5. The molecular weight excluding hydrogens is 345 g/mol. The molecule has 116 valence electrons. The van der Waals surface area contributed by atoms with Gasteiger partial charge in [-0.3, -0.25) is 4.79 Å². The number of aryl methyl sites for hydroxylation is 1. The molecule has 0 heterocycles. The maximum atomic E-state index is 12.7. The van der Waals surface area contributed by atoms with Crippen molar-refractivity contribution < 1.29 is 13.2 Å². The lowest BCUT2D eigenvalue weighted by Gasteiger charge is -2.21. The van der Waals surface area contributed by atoms with Crippen LogP contribution >= 0.6 is 23.2 Å². The third kappa shape index (κ3) is 3.27. The molecule has 0 fully saturated rings. The normalized spacial score (nSPS) is 11.3. The highest BCUT2D eigenvalue weighted by molar-refractivity contribution is 7.93. The fourth-order valence-corrected chi connectivity index (χ4v) is 3.63. The summed E-state index contributed by atoms with van der Waals surface area (Å²) in [7, 11) is -4.03. The number of hydrogen-bond acceptors (Lipinski definition) is 3. The summed E-state index contributed by atoms with van der Waals surface area (Å²) in [6, 6.07) is 10.3. The first-order chi connectivity index (χ1) is 10.2. The minimum atomic E-state index is -4.03. The number of benzene rings is 2. The molecule has 0 aliphatic rings. The van der Waals surface area contributed by atoms with Crippen LogP contribution in [0.2, 0.25) is 10.0 Å². The molecule has 0 aliphatic heterocycles. The molecule has 1 amide bonds. The molecule has 0 atom stereocenters. The fourth-order valence-electron chi connectivity index (χ4n) is 1.91. The van der Waals surface area contributed by atoms with Crippen LogP contribution in [0, 0.1) is 6.92 Å². The molecule has 0 saturated heterocycles. The van der Waals surface area contributed by atoms with Gasteiger partial charge in [-0.05, 0) is 48.9 Å². The van der Waals surface area contributed by atoms with Crippen LogP contribution in [0.4, 0.5) is 5.69 Å². The number of halogens is 2. The predicted molar refractivity (Wildman–Crippen MR) is 88.0 cm³/mol. The number of rotatable bonds is 3. The van der Waals surface area contributed by atoms with Gasteiger partial charge in [-0.2, -0.15) is 0 Å². The van der Waals surface area contributed by atoms with Gasteiger partial charge in [-0.1, -0.05) is 29.3 Å². The molecule has 0 radical (unpaired) electrons. The van der Waals surface area contributed by atoms with E-state index in [1.54, 1.807) is 13.0 Å². The summed E-state index contributed by atoms with van der Waals surface area (Å²) in [4.78, 5) is 11.9. The first kappa shape index (κ1) is 16.8. The number of amides is 1. The van der Waals surface area contributed by atoms with Crippen LogP contribution < -0.4 is 4.31 Å². The van der Waals surface area contributed by atoms with Crippen molar-refractivity contribution in [2.24, 2.45) is 0 Å². The minimum Gasteiger partial charge on any atom is -0.274 e. The largest absolute Gasteiger partial charge is 0.274 e. The van der Waals surface area contributed by atoms with Crippen molar-refractivity contribution in [2.45, 2.75) is 18.7 Å². The Morgan fingerprint density at radius 1 is 1.05 bits per heavy atom. The lowest BCUT2D eigenvalue weighted by atomic mass is 10.2. The van der Waals surface area contributed by atoms with Crippen molar-refractivity contribution in [3.05, 3.63) is 58.1 Å². The highest BCUT2D eigenvalue weighted by Crippen LogP contribution is 2.28. The zero-order valence-electron chi connectivity index (χ0n) is 11.9. The first-order valence-corrected chi connectivity index (χ1v) is 8.50. The van der Waals surface area contributed by atoms with E-state index in [1.165, 1.54) is 43.3 Å². The molecule has 2 rings (SSSR count). The van der Waals surface area contributed by atoms with Gasteiger partial charge in [0.15, 0.2) is 0 Å². The summed E-state index contributed by atoms with van der Waals surface area (Å²) in [5, 5.41) is 0.793. The van der Waals surface area contributed by atoms with Crippen LogP contribution in [0.25, 0.3) is 0 Å². The van der Waals surface area contributed by atoms with Gasteiger partial charge in [0.25, 0.3) is 10.0 Å². The average Bonchev–Trinajstić information content (AvgIpc) is 2.42. The van der Waals surface area contributed by atoms with E-state index in [0.717, 1.165) is 9.87 Å². The Hall–Kier alpha value is -1.56. The van der Waals surface area contributed by atoms with E-state index in [0.29, 0.717) is 10.0 Å². The number of sulfonamides is 1. The van der Waals surface area contributed by atoms with Gasteiger partial charge in [0.1, 0.15) is 0 Å². The van der Waals surface area contributed by atoms with E-state index in [1.807, 2.05) is 0 Å². The van der Waals surface area contributed by atoms with Crippen LogP contribution in [0.1, 0.15) is 12.5 Å². The third-order valence-corrected chi connectivity index (χ3v) is 5.50. The molecule has 0 aromatic heterocycles. The molecule has 2 aromatic rings. The standard InChI is InChI=1S/C15H13Cl2NO3S/c1-10-3-6-13(9-15(10)17)18(11(2)19)22(20,21)14-7-4-12(16)5-8-14/h3-9H,1-2H3.